The first kappa shape index (κ1) is 19.7. The van der Waals surface area contributed by atoms with Gasteiger partial charge in [0.2, 0.25) is 0 Å². The Labute approximate surface area is 171 Å². The van der Waals surface area contributed by atoms with E-state index in [9.17, 15) is 18.8 Å². The lowest BCUT2D eigenvalue weighted by molar-refractivity contribution is 0.0944. The standard InChI is InChI=1S/C21H20FN5O3/c22-16-5-1-3-14(11-16)13-27-19(28)8-7-18(25-27)21(30)23-9-10-26-20(29)12-15-4-2-6-17(15)24-26/h1,3,5,7-8,11-12H,2,4,6,9-10,13H2,(H,23,30). The third-order valence-corrected chi connectivity index (χ3v) is 4.95. The van der Waals surface area contributed by atoms with Gasteiger partial charge in [-0.25, -0.2) is 13.8 Å². The van der Waals surface area contributed by atoms with Gasteiger partial charge in [-0.05, 0) is 48.6 Å². The van der Waals surface area contributed by atoms with Gasteiger partial charge in [-0.1, -0.05) is 12.1 Å². The highest BCUT2D eigenvalue weighted by Crippen LogP contribution is 2.16. The van der Waals surface area contributed by atoms with Gasteiger partial charge in [0.15, 0.2) is 0 Å². The molecule has 0 saturated carbocycles. The minimum Gasteiger partial charge on any atom is -0.349 e. The number of benzene rings is 1. The van der Waals surface area contributed by atoms with Gasteiger partial charge in [0.1, 0.15) is 11.5 Å². The summed E-state index contributed by atoms with van der Waals surface area (Å²) < 4.78 is 15.8. The Kier molecular flexibility index (Phi) is 5.51. The largest absolute Gasteiger partial charge is 0.349 e. The summed E-state index contributed by atoms with van der Waals surface area (Å²) in [6.45, 7) is 0.474. The van der Waals surface area contributed by atoms with Crippen LogP contribution in [0.4, 0.5) is 4.39 Å². The number of carbonyl (C=O) groups excluding carboxylic acids is 1. The monoisotopic (exact) mass is 409 g/mol. The van der Waals surface area contributed by atoms with E-state index in [0.29, 0.717) is 5.56 Å². The molecule has 9 heteroatoms. The van der Waals surface area contributed by atoms with E-state index in [1.807, 2.05) is 0 Å². The van der Waals surface area contributed by atoms with E-state index in [-0.39, 0.29) is 30.9 Å². The lowest BCUT2D eigenvalue weighted by Gasteiger charge is -2.09. The molecule has 8 nitrogen and oxygen atoms in total. The molecule has 0 aliphatic heterocycles. The fourth-order valence-corrected chi connectivity index (χ4v) is 3.46. The average molecular weight is 409 g/mol. The van der Waals surface area contributed by atoms with Crippen molar-refractivity contribution in [2.24, 2.45) is 0 Å². The molecule has 0 fully saturated rings. The number of nitrogens with zero attached hydrogens (tertiary/aromatic N) is 4. The van der Waals surface area contributed by atoms with Crippen LogP contribution in [0.5, 0.6) is 0 Å². The molecule has 0 bridgehead atoms. The number of hydrogen-bond acceptors (Lipinski definition) is 5. The molecule has 0 atom stereocenters. The van der Waals surface area contributed by atoms with E-state index in [1.54, 1.807) is 18.2 Å². The van der Waals surface area contributed by atoms with Crippen LogP contribution < -0.4 is 16.4 Å². The number of fused-ring (bicyclic) bond motifs is 1. The van der Waals surface area contributed by atoms with Crippen molar-refractivity contribution in [2.75, 3.05) is 6.54 Å². The molecule has 1 amide bonds. The quantitative estimate of drug-likeness (QED) is 0.652. The first-order valence-electron chi connectivity index (χ1n) is 9.70. The molecule has 0 radical (unpaired) electrons. The molecule has 3 aromatic rings. The Hall–Kier alpha value is -3.62. The molecular formula is C21H20FN5O3. The van der Waals surface area contributed by atoms with Crippen LogP contribution in [0, 0.1) is 5.82 Å². The van der Waals surface area contributed by atoms with Crippen molar-refractivity contribution in [2.45, 2.75) is 32.4 Å². The molecular weight excluding hydrogens is 389 g/mol. The summed E-state index contributed by atoms with van der Waals surface area (Å²) >= 11 is 0. The first-order chi connectivity index (χ1) is 14.5. The predicted octanol–water partition coefficient (Wildman–Crippen LogP) is 0.906. The van der Waals surface area contributed by atoms with Crippen molar-refractivity contribution in [1.82, 2.24) is 24.9 Å². The van der Waals surface area contributed by atoms with Crippen molar-refractivity contribution >= 4 is 5.91 Å². The van der Waals surface area contributed by atoms with E-state index in [2.05, 4.69) is 15.5 Å². The Balaban J connectivity index is 1.41. The maximum Gasteiger partial charge on any atom is 0.271 e. The highest BCUT2D eigenvalue weighted by Gasteiger charge is 2.15. The second kappa shape index (κ2) is 8.40. The molecule has 154 valence electrons. The van der Waals surface area contributed by atoms with Gasteiger partial charge in [0, 0.05) is 18.7 Å². The highest BCUT2D eigenvalue weighted by molar-refractivity contribution is 5.91. The van der Waals surface area contributed by atoms with E-state index in [0.717, 1.165) is 35.2 Å². The number of hydrogen-bond donors (Lipinski definition) is 1. The highest BCUT2D eigenvalue weighted by atomic mass is 19.1. The number of amides is 1. The second-order valence-corrected chi connectivity index (χ2v) is 7.13. The lowest BCUT2D eigenvalue weighted by atomic mass is 10.2. The normalized spacial score (nSPS) is 12.6. The van der Waals surface area contributed by atoms with Gasteiger partial charge in [0.25, 0.3) is 17.0 Å². The van der Waals surface area contributed by atoms with Crippen LogP contribution in [0.15, 0.2) is 52.1 Å². The van der Waals surface area contributed by atoms with Crippen LogP contribution in [0.3, 0.4) is 0 Å². The molecule has 1 aromatic carbocycles. The molecule has 0 saturated heterocycles. The third kappa shape index (κ3) is 4.35. The molecule has 2 heterocycles. The zero-order valence-corrected chi connectivity index (χ0v) is 16.2. The zero-order valence-electron chi connectivity index (χ0n) is 16.2. The summed E-state index contributed by atoms with van der Waals surface area (Å²) in [5, 5.41) is 11.1. The van der Waals surface area contributed by atoms with Crippen LogP contribution in [-0.4, -0.2) is 32.0 Å². The van der Waals surface area contributed by atoms with Crippen molar-refractivity contribution in [3.63, 3.8) is 0 Å². The number of rotatable bonds is 6. The smallest absolute Gasteiger partial charge is 0.271 e. The van der Waals surface area contributed by atoms with Gasteiger partial charge < -0.3 is 5.32 Å². The van der Waals surface area contributed by atoms with E-state index in [4.69, 9.17) is 0 Å². The molecule has 0 unspecified atom stereocenters. The number of aromatic nitrogens is 4. The second-order valence-electron chi connectivity index (χ2n) is 7.13. The van der Waals surface area contributed by atoms with Gasteiger partial charge in [-0.3, -0.25) is 14.4 Å². The molecule has 4 rings (SSSR count). The predicted molar refractivity (Wildman–Crippen MR) is 107 cm³/mol. The van der Waals surface area contributed by atoms with Crippen LogP contribution in [-0.2, 0) is 25.9 Å². The van der Waals surface area contributed by atoms with E-state index >= 15 is 0 Å². The van der Waals surface area contributed by atoms with Crippen molar-refractivity contribution in [3.05, 3.63) is 91.5 Å². The van der Waals surface area contributed by atoms with Crippen LogP contribution in [0.1, 0.15) is 33.7 Å². The molecule has 1 N–H and O–H groups in total. The van der Waals surface area contributed by atoms with Crippen molar-refractivity contribution in [3.8, 4) is 0 Å². The number of nitrogens with one attached hydrogen (secondary N) is 1. The molecule has 1 aliphatic carbocycles. The van der Waals surface area contributed by atoms with Gasteiger partial charge in [-0.15, -0.1) is 0 Å². The maximum absolute atomic E-state index is 13.4. The van der Waals surface area contributed by atoms with Gasteiger partial charge >= 0.3 is 0 Å². The summed E-state index contributed by atoms with van der Waals surface area (Å²) in [5.41, 5.74) is 1.97. The third-order valence-electron chi connectivity index (χ3n) is 4.95. The summed E-state index contributed by atoms with van der Waals surface area (Å²) in [6, 6.07) is 10.0. The van der Waals surface area contributed by atoms with Crippen LogP contribution in [0.25, 0.3) is 0 Å². The summed E-state index contributed by atoms with van der Waals surface area (Å²) in [4.78, 5) is 36.6. The fourth-order valence-electron chi connectivity index (χ4n) is 3.46. The molecule has 30 heavy (non-hydrogen) atoms. The Morgan fingerprint density at radius 3 is 2.73 bits per heavy atom. The SMILES string of the molecule is O=C(NCCn1nc2c(cc1=O)CCC2)c1ccc(=O)n(Cc2cccc(F)c2)n1. The van der Waals surface area contributed by atoms with E-state index in [1.165, 1.54) is 28.9 Å². The summed E-state index contributed by atoms with van der Waals surface area (Å²) in [7, 11) is 0. The summed E-state index contributed by atoms with van der Waals surface area (Å²) in [5.74, 6) is -0.887. The Morgan fingerprint density at radius 1 is 1.03 bits per heavy atom. The number of carbonyl (C=O) groups is 1. The topological polar surface area (TPSA) is 98.9 Å². The lowest BCUT2D eigenvalue weighted by Crippen LogP contribution is -2.34. The van der Waals surface area contributed by atoms with Crippen molar-refractivity contribution < 1.29 is 9.18 Å². The summed E-state index contributed by atoms with van der Waals surface area (Å²) in [6.07, 6.45) is 2.74. The van der Waals surface area contributed by atoms with E-state index < -0.39 is 17.3 Å². The molecule has 1 aliphatic rings. The fraction of sp³-hybridized carbons (Fsp3) is 0.286. The minimum atomic E-state index is -0.475. The van der Waals surface area contributed by atoms with Crippen LogP contribution >= 0.6 is 0 Å². The number of halogens is 1. The minimum absolute atomic E-state index is 0.0478. The number of aryl methyl sites for hydroxylation is 2. The molecule has 0 spiro atoms. The van der Waals surface area contributed by atoms with Gasteiger partial charge in [-0.2, -0.15) is 10.2 Å². The Morgan fingerprint density at radius 2 is 1.90 bits per heavy atom. The Bertz CT molecular complexity index is 1220. The van der Waals surface area contributed by atoms with Crippen LogP contribution in [0.2, 0.25) is 0 Å². The molecule has 2 aromatic heterocycles. The zero-order chi connectivity index (χ0) is 21.1. The van der Waals surface area contributed by atoms with Crippen molar-refractivity contribution in [1.29, 1.82) is 0 Å². The first-order valence-corrected chi connectivity index (χ1v) is 9.70. The maximum atomic E-state index is 13.4. The van der Waals surface area contributed by atoms with Gasteiger partial charge in [0.05, 0.1) is 18.8 Å². The average Bonchev–Trinajstić information content (AvgIpc) is 3.17.